The van der Waals surface area contributed by atoms with Crippen molar-refractivity contribution < 1.29 is 24.2 Å². The first-order valence-electron chi connectivity index (χ1n) is 9.51. The van der Waals surface area contributed by atoms with Crippen molar-refractivity contribution in [2.45, 2.75) is 26.2 Å². The molecule has 0 bridgehead atoms. The van der Waals surface area contributed by atoms with Crippen molar-refractivity contribution in [1.82, 2.24) is 10.9 Å². The maximum Gasteiger partial charge on any atom is 0.349 e. The highest BCUT2D eigenvalue weighted by Crippen LogP contribution is 2.27. The van der Waals surface area contributed by atoms with Crippen LogP contribution >= 0.6 is 11.6 Å². The van der Waals surface area contributed by atoms with Gasteiger partial charge in [0.25, 0.3) is 0 Å². The number of hydrogen-bond donors (Lipinski definition) is 5. The number of rotatable bonds is 9. The molecule has 32 heavy (non-hydrogen) atoms. The Bertz CT molecular complexity index is 1040. The first-order chi connectivity index (χ1) is 15.2. The van der Waals surface area contributed by atoms with Gasteiger partial charge in [0.15, 0.2) is 17.3 Å². The van der Waals surface area contributed by atoms with E-state index in [2.05, 4.69) is 15.8 Å². The number of ketones is 1. The molecular weight excluding hydrogens is 438 g/mol. The number of ether oxygens (including phenoxy) is 1. The van der Waals surface area contributed by atoms with E-state index in [1.807, 2.05) is 12.3 Å². The van der Waals surface area contributed by atoms with Crippen LogP contribution in [0.5, 0.6) is 11.5 Å². The van der Waals surface area contributed by atoms with Crippen LogP contribution in [0.1, 0.15) is 35.2 Å². The molecule has 0 aliphatic carbocycles. The zero-order valence-corrected chi connectivity index (χ0v) is 18.3. The van der Waals surface area contributed by atoms with Gasteiger partial charge >= 0.3 is 6.03 Å². The molecule has 0 aromatic heterocycles. The Hall–Kier alpha value is -3.63. The van der Waals surface area contributed by atoms with Gasteiger partial charge in [-0.3, -0.25) is 15.0 Å². The topological polar surface area (TPSA) is 155 Å². The van der Waals surface area contributed by atoms with Crippen LogP contribution in [0, 0.1) is 6.92 Å². The van der Waals surface area contributed by atoms with Crippen LogP contribution in [-0.4, -0.2) is 35.6 Å². The van der Waals surface area contributed by atoms with E-state index in [-0.39, 0.29) is 53.7 Å². The van der Waals surface area contributed by atoms with E-state index in [9.17, 15) is 19.5 Å². The number of aromatic hydroxyl groups is 1. The second-order valence-corrected chi connectivity index (χ2v) is 7.19. The molecule has 0 aliphatic heterocycles. The molecule has 0 aliphatic rings. The number of nitrogens with one attached hydrogen (secondary N) is 3. The SMILES string of the molecule is COc1cc(C(=O)CC(CCC(=O)Nc2ccc(Cl)cc2C)=NNC(=O)NN)ccc1O. The molecule has 0 fully saturated rings. The number of urea groups is 1. The average Bonchev–Trinajstić information content (AvgIpc) is 2.77. The van der Waals surface area contributed by atoms with E-state index >= 15 is 0 Å². The molecular formula is C21H24ClN5O5. The van der Waals surface area contributed by atoms with Gasteiger partial charge in [0, 0.05) is 28.4 Å². The van der Waals surface area contributed by atoms with Crippen LogP contribution in [0.3, 0.4) is 0 Å². The minimum atomic E-state index is -0.775. The number of nitrogens with two attached hydrogens (primary N) is 1. The summed E-state index contributed by atoms with van der Waals surface area (Å²) < 4.78 is 5.01. The second-order valence-electron chi connectivity index (χ2n) is 6.76. The number of methoxy groups -OCH3 is 1. The minimum absolute atomic E-state index is 0.0129. The second kappa shape index (κ2) is 11.7. The van der Waals surface area contributed by atoms with Crippen molar-refractivity contribution in [3.63, 3.8) is 0 Å². The normalized spacial score (nSPS) is 10.9. The van der Waals surface area contributed by atoms with Gasteiger partial charge in [0.05, 0.1) is 13.5 Å². The summed E-state index contributed by atoms with van der Waals surface area (Å²) >= 11 is 5.92. The molecule has 3 amide bonds. The quantitative estimate of drug-likeness (QED) is 0.127. The Morgan fingerprint density at radius 3 is 2.56 bits per heavy atom. The highest BCUT2D eigenvalue weighted by atomic mass is 35.5. The van der Waals surface area contributed by atoms with Crippen LogP contribution in [0.2, 0.25) is 5.02 Å². The highest BCUT2D eigenvalue weighted by molar-refractivity contribution is 6.30. The predicted molar refractivity (Wildman–Crippen MR) is 121 cm³/mol. The third-order valence-electron chi connectivity index (χ3n) is 4.42. The summed E-state index contributed by atoms with van der Waals surface area (Å²) in [7, 11) is 1.37. The van der Waals surface area contributed by atoms with Crippen molar-refractivity contribution in [2.75, 3.05) is 12.4 Å². The lowest BCUT2D eigenvalue weighted by Crippen LogP contribution is -2.37. The van der Waals surface area contributed by atoms with Crippen molar-refractivity contribution in [1.29, 1.82) is 0 Å². The molecule has 6 N–H and O–H groups in total. The maximum atomic E-state index is 12.7. The average molecular weight is 462 g/mol. The number of amides is 3. The minimum Gasteiger partial charge on any atom is -0.504 e. The summed E-state index contributed by atoms with van der Waals surface area (Å²) in [6.07, 6.45) is -0.0602. The van der Waals surface area contributed by atoms with Gasteiger partial charge in [-0.15, -0.1) is 0 Å². The number of anilines is 1. The van der Waals surface area contributed by atoms with Gasteiger partial charge in [-0.2, -0.15) is 5.10 Å². The van der Waals surface area contributed by atoms with Crippen LogP contribution < -0.4 is 26.7 Å². The summed E-state index contributed by atoms with van der Waals surface area (Å²) in [6.45, 7) is 1.81. The number of hydrogen-bond acceptors (Lipinski definition) is 7. The number of carbonyl (C=O) groups is 3. The van der Waals surface area contributed by atoms with Crippen molar-refractivity contribution >= 4 is 40.7 Å². The van der Waals surface area contributed by atoms with Crippen molar-refractivity contribution in [3.8, 4) is 11.5 Å². The molecule has 0 spiro atoms. The van der Waals surface area contributed by atoms with E-state index in [0.29, 0.717) is 10.7 Å². The summed E-state index contributed by atoms with van der Waals surface area (Å²) in [6, 6.07) is 8.48. The number of halogens is 1. The summed E-state index contributed by atoms with van der Waals surface area (Å²) in [5.41, 5.74) is 5.97. The van der Waals surface area contributed by atoms with Crippen molar-refractivity contribution in [2.24, 2.45) is 10.9 Å². The van der Waals surface area contributed by atoms with E-state index in [4.69, 9.17) is 22.2 Å². The first kappa shape index (κ1) is 24.6. The van der Waals surface area contributed by atoms with Gasteiger partial charge in [0.2, 0.25) is 5.91 Å². The summed E-state index contributed by atoms with van der Waals surface area (Å²) in [5.74, 6) is 4.42. The van der Waals surface area contributed by atoms with Crippen LogP contribution in [0.4, 0.5) is 10.5 Å². The lowest BCUT2D eigenvalue weighted by molar-refractivity contribution is -0.116. The number of phenols is 1. The van der Waals surface area contributed by atoms with Crippen LogP contribution in [-0.2, 0) is 4.79 Å². The fourth-order valence-corrected chi connectivity index (χ4v) is 2.95. The molecule has 2 rings (SSSR count). The smallest absolute Gasteiger partial charge is 0.349 e. The molecule has 0 saturated heterocycles. The Balaban J connectivity index is 2.08. The van der Waals surface area contributed by atoms with Gasteiger partial charge in [-0.25, -0.2) is 16.1 Å². The summed E-state index contributed by atoms with van der Waals surface area (Å²) in [5, 5.41) is 16.9. The molecule has 0 saturated carbocycles. The Morgan fingerprint density at radius 1 is 1.16 bits per heavy atom. The predicted octanol–water partition coefficient (Wildman–Crippen LogP) is 2.88. The molecule has 2 aromatic rings. The van der Waals surface area contributed by atoms with E-state index in [1.165, 1.54) is 25.3 Å². The van der Waals surface area contributed by atoms with Gasteiger partial charge in [0.1, 0.15) is 0 Å². The number of nitrogens with zero attached hydrogens (tertiary/aromatic N) is 1. The van der Waals surface area contributed by atoms with E-state index in [1.54, 1.807) is 18.2 Å². The van der Waals surface area contributed by atoms with Gasteiger partial charge in [-0.1, -0.05) is 11.6 Å². The number of carbonyl (C=O) groups excluding carboxylic acids is 3. The molecule has 0 unspecified atom stereocenters. The molecule has 0 atom stereocenters. The van der Waals surface area contributed by atoms with Crippen LogP contribution in [0.25, 0.3) is 0 Å². The van der Waals surface area contributed by atoms with Crippen LogP contribution in [0.15, 0.2) is 41.5 Å². The maximum absolute atomic E-state index is 12.7. The Morgan fingerprint density at radius 2 is 1.91 bits per heavy atom. The largest absolute Gasteiger partial charge is 0.504 e. The first-order valence-corrected chi connectivity index (χ1v) is 9.89. The number of aryl methyl sites for hydroxylation is 1. The Kier molecular flexibility index (Phi) is 8.99. The van der Waals surface area contributed by atoms with Gasteiger partial charge in [-0.05, 0) is 55.3 Å². The zero-order valence-electron chi connectivity index (χ0n) is 17.6. The molecule has 0 radical (unpaired) electrons. The molecule has 11 heteroatoms. The van der Waals surface area contributed by atoms with E-state index < -0.39 is 6.03 Å². The van der Waals surface area contributed by atoms with Gasteiger partial charge < -0.3 is 15.2 Å². The lowest BCUT2D eigenvalue weighted by atomic mass is 10.0. The lowest BCUT2D eigenvalue weighted by Gasteiger charge is -2.10. The standard InChI is InChI=1S/C21H24ClN5O5/c1-12-9-14(22)4-6-16(12)24-20(30)8-5-15(26-27-21(31)25-23)11-18(29)13-3-7-17(28)19(10-13)32-2/h3-4,6-7,9-10,28H,5,8,11,23H2,1-2H3,(H,24,30)(H2,25,27,31). The number of phenolic OH excluding ortho intramolecular Hbond substituents is 1. The number of hydrazone groups is 1. The third kappa shape index (κ3) is 7.25. The number of benzene rings is 2. The summed E-state index contributed by atoms with van der Waals surface area (Å²) in [4.78, 5) is 36.4. The van der Waals surface area contributed by atoms with E-state index in [0.717, 1.165) is 5.56 Å². The fourth-order valence-electron chi connectivity index (χ4n) is 2.72. The Labute approximate surface area is 189 Å². The third-order valence-corrected chi connectivity index (χ3v) is 4.65. The molecule has 0 heterocycles. The molecule has 170 valence electrons. The highest BCUT2D eigenvalue weighted by Gasteiger charge is 2.15. The molecule has 10 nitrogen and oxygen atoms in total. The number of Topliss-reactive ketones (excluding diaryl/α,β-unsaturated/α-hetero) is 1. The zero-order chi connectivity index (χ0) is 23.7. The molecule has 2 aromatic carbocycles. The van der Waals surface area contributed by atoms with Crippen molar-refractivity contribution in [3.05, 3.63) is 52.5 Å². The number of hydrazine groups is 1. The monoisotopic (exact) mass is 461 g/mol. The fraction of sp³-hybridized carbons (Fsp3) is 0.238.